The average molecular weight is 237 g/mol. The Labute approximate surface area is 98.7 Å². The van der Waals surface area contributed by atoms with Gasteiger partial charge in [0.2, 0.25) is 5.76 Å². The van der Waals surface area contributed by atoms with Crippen LogP contribution in [0.15, 0.2) is 16.8 Å². The first-order valence-electron chi connectivity index (χ1n) is 5.91. The van der Waals surface area contributed by atoms with Gasteiger partial charge in [-0.1, -0.05) is 5.16 Å². The number of hydrogen-bond donors (Lipinski definition) is 2. The van der Waals surface area contributed by atoms with Crippen LogP contribution in [0.3, 0.4) is 0 Å². The molecule has 1 amide bonds. The summed E-state index contributed by atoms with van der Waals surface area (Å²) in [6, 6.07) is 1.93. The molecule has 3 rings (SSSR count). The van der Waals surface area contributed by atoms with Gasteiger partial charge in [-0.3, -0.25) is 4.79 Å². The highest BCUT2D eigenvalue weighted by atomic mass is 16.5. The lowest BCUT2D eigenvalue weighted by atomic mass is 10.0. The molecule has 3 atom stereocenters. The van der Waals surface area contributed by atoms with Crippen molar-refractivity contribution >= 4 is 5.91 Å². The van der Waals surface area contributed by atoms with E-state index in [2.05, 4.69) is 15.8 Å². The summed E-state index contributed by atoms with van der Waals surface area (Å²) in [4.78, 5) is 11.8. The van der Waals surface area contributed by atoms with Gasteiger partial charge in [0, 0.05) is 25.3 Å². The van der Waals surface area contributed by atoms with E-state index in [1.807, 2.05) is 0 Å². The van der Waals surface area contributed by atoms with Gasteiger partial charge in [-0.25, -0.2) is 0 Å². The minimum atomic E-state index is -0.232. The highest BCUT2D eigenvalue weighted by Crippen LogP contribution is 2.21. The maximum absolute atomic E-state index is 11.8. The largest absolute Gasteiger partial charge is 0.374 e. The van der Waals surface area contributed by atoms with E-state index >= 15 is 0 Å². The van der Waals surface area contributed by atoms with Gasteiger partial charge in [0.25, 0.3) is 5.91 Å². The van der Waals surface area contributed by atoms with Crippen LogP contribution in [0.5, 0.6) is 0 Å². The van der Waals surface area contributed by atoms with Crippen LogP contribution in [0.4, 0.5) is 0 Å². The Morgan fingerprint density at radius 2 is 2.53 bits per heavy atom. The molecule has 2 saturated heterocycles. The van der Waals surface area contributed by atoms with Gasteiger partial charge in [-0.2, -0.15) is 0 Å². The van der Waals surface area contributed by atoms with Crippen LogP contribution in [0, 0.1) is 0 Å². The van der Waals surface area contributed by atoms with Crippen molar-refractivity contribution in [3.05, 3.63) is 18.0 Å². The van der Waals surface area contributed by atoms with Gasteiger partial charge < -0.3 is 19.9 Å². The molecular weight excluding hydrogens is 222 g/mol. The summed E-state index contributed by atoms with van der Waals surface area (Å²) >= 11 is 0. The SMILES string of the molecule is O=C(N[C@H]1CN[C@H]2CCCO[C@H]21)c1ccno1. The second kappa shape index (κ2) is 4.46. The fourth-order valence-electron chi connectivity index (χ4n) is 2.52. The highest BCUT2D eigenvalue weighted by Gasteiger charge is 2.39. The van der Waals surface area contributed by atoms with Crippen LogP contribution >= 0.6 is 0 Å². The summed E-state index contributed by atoms with van der Waals surface area (Å²) in [5, 5.41) is 9.81. The Kier molecular flexibility index (Phi) is 2.82. The van der Waals surface area contributed by atoms with Gasteiger partial charge in [0.05, 0.1) is 18.3 Å². The second-order valence-corrected chi connectivity index (χ2v) is 4.45. The lowest BCUT2D eigenvalue weighted by Crippen LogP contribution is -2.47. The predicted octanol–water partition coefficient (Wildman–Crippen LogP) is -0.0762. The molecule has 1 aromatic rings. The monoisotopic (exact) mass is 237 g/mol. The third-order valence-electron chi connectivity index (χ3n) is 3.34. The highest BCUT2D eigenvalue weighted by molar-refractivity contribution is 5.91. The van der Waals surface area contributed by atoms with Crippen LogP contribution < -0.4 is 10.6 Å². The van der Waals surface area contributed by atoms with Crippen molar-refractivity contribution in [2.45, 2.75) is 31.0 Å². The van der Waals surface area contributed by atoms with E-state index in [0.717, 1.165) is 26.0 Å². The standard InChI is InChI=1S/C11H15N3O3/c15-11(9-3-4-13-17-9)14-8-6-12-7-2-1-5-16-10(7)8/h3-4,7-8,10,12H,1-2,5-6H2,(H,14,15)/t7-,8-,10+/m0/s1. The van der Waals surface area contributed by atoms with E-state index in [0.29, 0.717) is 6.04 Å². The summed E-state index contributed by atoms with van der Waals surface area (Å²) < 4.78 is 10.5. The Balaban J connectivity index is 1.64. The number of nitrogens with zero attached hydrogens (tertiary/aromatic N) is 1. The molecule has 6 heteroatoms. The minimum absolute atomic E-state index is 0.0119. The van der Waals surface area contributed by atoms with Crippen molar-refractivity contribution in [3.63, 3.8) is 0 Å². The van der Waals surface area contributed by atoms with Crippen molar-refractivity contribution in [3.8, 4) is 0 Å². The number of rotatable bonds is 2. The van der Waals surface area contributed by atoms with Crippen molar-refractivity contribution in [2.75, 3.05) is 13.2 Å². The molecule has 0 bridgehead atoms. The molecule has 0 unspecified atom stereocenters. The van der Waals surface area contributed by atoms with E-state index in [1.165, 1.54) is 6.20 Å². The molecule has 17 heavy (non-hydrogen) atoms. The van der Waals surface area contributed by atoms with E-state index in [-0.39, 0.29) is 23.8 Å². The average Bonchev–Trinajstić information content (AvgIpc) is 2.98. The van der Waals surface area contributed by atoms with Crippen molar-refractivity contribution in [2.24, 2.45) is 0 Å². The first-order chi connectivity index (χ1) is 8.34. The van der Waals surface area contributed by atoms with Gasteiger partial charge >= 0.3 is 0 Å². The fraction of sp³-hybridized carbons (Fsp3) is 0.636. The third kappa shape index (κ3) is 2.05. The van der Waals surface area contributed by atoms with Gasteiger partial charge in [-0.05, 0) is 12.8 Å². The Morgan fingerprint density at radius 3 is 3.35 bits per heavy atom. The molecule has 0 radical (unpaired) electrons. The van der Waals surface area contributed by atoms with Crippen molar-refractivity contribution in [1.29, 1.82) is 0 Å². The normalized spacial score (nSPS) is 32.1. The summed E-state index contributed by atoms with van der Waals surface area (Å²) in [5.41, 5.74) is 0. The first-order valence-corrected chi connectivity index (χ1v) is 5.91. The predicted molar refractivity (Wildman–Crippen MR) is 58.5 cm³/mol. The van der Waals surface area contributed by atoms with Crippen LogP contribution in [0.2, 0.25) is 0 Å². The molecule has 1 aromatic heterocycles. The Hall–Kier alpha value is -1.40. The maximum atomic E-state index is 11.8. The van der Waals surface area contributed by atoms with E-state index in [4.69, 9.17) is 9.26 Å². The van der Waals surface area contributed by atoms with Crippen molar-refractivity contribution in [1.82, 2.24) is 15.8 Å². The molecule has 3 heterocycles. The molecule has 0 spiro atoms. The second-order valence-electron chi connectivity index (χ2n) is 4.45. The molecule has 0 aromatic carbocycles. The fourth-order valence-corrected chi connectivity index (χ4v) is 2.52. The summed E-state index contributed by atoms with van der Waals surface area (Å²) in [6.07, 6.45) is 3.73. The number of aromatic nitrogens is 1. The number of carbonyl (C=O) groups is 1. The van der Waals surface area contributed by atoms with Crippen LogP contribution in [-0.2, 0) is 4.74 Å². The zero-order valence-electron chi connectivity index (χ0n) is 9.39. The lowest BCUT2D eigenvalue weighted by Gasteiger charge is -2.28. The van der Waals surface area contributed by atoms with Crippen LogP contribution in [0.1, 0.15) is 23.4 Å². The first kappa shape index (κ1) is 10.7. The number of carbonyl (C=O) groups excluding carboxylic acids is 1. The van der Waals surface area contributed by atoms with Crippen LogP contribution in [0.25, 0.3) is 0 Å². The molecular formula is C11H15N3O3. The molecule has 2 N–H and O–H groups in total. The smallest absolute Gasteiger partial charge is 0.290 e. The zero-order chi connectivity index (χ0) is 11.7. The number of fused-ring (bicyclic) bond motifs is 1. The summed E-state index contributed by atoms with van der Waals surface area (Å²) in [7, 11) is 0. The van der Waals surface area contributed by atoms with Gasteiger partial charge in [-0.15, -0.1) is 0 Å². The molecule has 2 aliphatic heterocycles. The number of hydrogen-bond acceptors (Lipinski definition) is 5. The van der Waals surface area contributed by atoms with E-state index in [1.54, 1.807) is 6.07 Å². The Morgan fingerprint density at radius 1 is 1.59 bits per heavy atom. The topological polar surface area (TPSA) is 76.4 Å². The minimum Gasteiger partial charge on any atom is -0.374 e. The summed E-state index contributed by atoms with van der Waals surface area (Å²) in [5.74, 6) is 0.00776. The molecule has 0 saturated carbocycles. The summed E-state index contributed by atoms with van der Waals surface area (Å²) in [6.45, 7) is 1.52. The molecule has 2 fully saturated rings. The Bertz CT molecular complexity index is 393. The molecule has 2 aliphatic rings. The van der Waals surface area contributed by atoms with Gasteiger partial charge in [0.1, 0.15) is 0 Å². The van der Waals surface area contributed by atoms with Crippen molar-refractivity contribution < 1.29 is 14.1 Å². The zero-order valence-corrected chi connectivity index (χ0v) is 9.39. The molecule has 92 valence electrons. The number of nitrogens with one attached hydrogen (secondary N) is 2. The quantitative estimate of drug-likeness (QED) is 0.752. The molecule has 6 nitrogen and oxygen atoms in total. The van der Waals surface area contributed by atoms with Crippen LogP contribution in [-0.4, -0.2) is 42.4 Å². The van der Waals surface area contributed by atoms with Gasteiger partial charge in [0.15, 0.2) is 0 Å². The third-order valence-corrected chi connectivity index (χ3v) is 3.34. The lowest BCUT2D eigenvalue weighted by molar-refractivity contribution is -0.00236. The maximum Gasteiger partial charge on any atom is 0.290 e. The number of ether oxygens (including phenoxy) is 1. The number of amides is 1. The molecule has 0 aliphatic carbocycles. The van der Waals surface area contributed by atoms with E-state index < -0.39 is 0 Å². The van der Waals surface area contributed by atoms with E-state index in [9.17, 15) is 4.79 Å².